The summed E-state index contributed by atoms with van der Waals surface area (Å²) in [5.74, 6) is 0.257. The molecule has 2 aromatic heterocycles. The van der Waals surface area contributed by atoms with Crippen molar-refractivity contribution in [2.24, 2.45) is 0 Å². The van der Waals surface area contributed by atoms with Crippen LogP contribution in [-0.2, 0) is 12.8 Å². The minimum absolute atomic E-state index is 0.00336. The van der Waals surface area contributed by atoms with E-state index < -0.39 is 11.9 Å². The van der Waals surface area contributed by atoms with Gasteiger partial charge >= 0.3 is 6.18 Å². The fourth-order valence-electron chi connectivity index (χ4n) is 2.57. The molecule has 0 fully saturated rings. The summed E-state index contributed by atoms with van der Waals surface area (Å²) in [4.78, 5) is 16.1. The maximum Gasteiger partial charge on any atom is 0.433 e. The monoisotopic (exact) mass is 420 g/mol. The molecule has 30 heavy (non-hydrogen) atoms. The number of aromatic nitrogens is 4. The molecular formula is C19H19F3N6O2. The molecule has 0 amide bonds. The maximum absolute atomic E-state index is 12.9. The molecule has 3 rings (SSSR count). The summed E-state index contributed by atoms with van der Waals surface area (Å²) in [7, 11) is 0. The molecule has 0 saturated heterocycles. The summed E-state index contributed by atoms with van der Waals surface area (Å²) in [6, 6.07) is 6.57. The van der Waals surface area contributed by atoms with Crippen LogP contribution in [0.2, 0.25) is 0 Å². The first-order chi connectivity index (χ1) is 14.1. The van der Waals surface area contributed by atoms with Crippen molar-refractivity contribution in [3.63, 3.8) is 0 Å². The zero-order chi connectivity index (χ0) is 21.9. The molecule has 0 atom stereocenters. The van der Waals surface area contributed by atoms with Crippen LogP contribution in [0.4, 0.5) is 30.8 Å². The highest BCUT2D eigenvalue weighted by molar-refractivity contribution is 5.63. The minimum Gasteiger partial charge on any atom is -0.508 e. The minimum atomic E-state index is -4.59. The molecule has 0 bridgehead atoms. The number of anilines is 3. The van der Waals surface area contributed by atoms with Gasteiger partial charge in [0.2, 0.25) is 11.9 Å². The van der Waals surface area contributed by atoms with E-state index in [1.165, 1.54) is 18.2 Å². The molecule has 4 N–H and O–H groups in total. The summed E-state index contributed by atoms with van der Waals surface area (Å²) in [5.41, 5.74) is -0.107. The molecule has 0 aliphatic heterocycles. The lowest BCUT2D eigenvalue weighted by atomic mass is 10.1. The third kappa shape index (κ3) is 5.32. The van der Waals surface area contributed by atoms with Gasteiger partial charge in [-0.1, -0.05) is 0 Å². The van der Waals surface area contributed by atoms with Gasteiger partial charge in [-0.25, -0.2) is 0 Å². The lowest BCUT2D eigenvalue weighted by Gasteiger charge is -2.13. The summed E-state index contributed by atoms with van der Waals surface area (Å²) >= 11 is 0. The number of aliphatic hydroxyl groups excluding tert-OH is 1. The maximum atomic E-state index is 12.9. The number of benzene rings is 1. The third-order valence-electron chi connectivity index (χ3n) is 3.78. The summed E-state index contributed by atoms with van der Waals surface area (Å²) in [5, 5.41) is 25.0. The molecule has 11 heteroatoms. The highest BCUT2D eigenvalue weighted by atomic mass is 19.4. The van der Waals surface area contributed by atoms with Gasteiger partial charge in [0.25, 0.3) is 0 Å². The molecule has 1 aromatic carbocycles. The van der Waals surface area contributed by atoms with E-state index >= 15 is 0 Å². The second kappa shape index (κ2) is 8.49. The van der Waals surface area contributed by atoms with Crippen molar-refractivity contribution in [2.45, 2.75) is 32.7 Å². The van der Waals surface area contributed by atoms with Crippen molar-refractivity contribution in [1.29, 1.82) is 0 Å². The zero-order valence-electron chi connectivity index (χ0n) is 16.1. The van der Waals surface area contributed by atoms with Gasteiger partial charge in [0, 0.05) is 23.5 Å². The van der Waals surface area contributed by atoms with E-state index in [1.54, 1.807) is 6.07 Å². The highest BCUT2D eigenvalue weighted by Crippen LogP contribution is 2.30. The summed E-state index contributed by atoms with van der Waals surface area (Å²) in [6.07, 6.45) is -3.56. The smallest absolute Gasteiger partial charge is 0.433 e. The van der Waals surface area contributed by atoms with Crippen LogP contribution in [0.3, 0.4) is 0 Å². The van der Waals surface area contributed by atoms with E-state index in [9.17, 15) is 23.4 Å². The van der Waals surface area contributed by atoms with E-state index in [2.05, 4.69) is 30.6 Å². The number of aromatic hydroxyl groups is 1. The van der Waals surface area contributed by atoms with Gasteiger partial charge in [-0.2, -0.15) is 28.1 Å². The molecule has 0 radical (unpaired) electrons. The first-order valence-corrected chi connectivity index (χ1v) is 8.91. The standard InChI is InChI=1S/C19H19F3N6O2/c1-10(2)24-17-26-16(12-5-11(9-29)6-14(30)7-12)27-18(28-17)25-13-3-4-23-15(8-13)19(20,21)22/h3-8,10,29-30H,9H2,1-2H3,(H2,23,24,25,26,27,28). The average Bonchev–Trinajstić information content (AvgIpc) is 2.66. The zero-order valence-corrected chi connectivity index (χ0v) is 16.1. The van der Waals surface area contributed by atoms with Crippen molar-refractivity contribution in [3.8, 4) is 17.1 Å². The average molecular weight is 420 g/mol. The van der Waals surface area contributed by atoms with Crippen LogP contribution < -0.4 is 10.6 Å². The normalized spacial score (nSPS) is 11.6. The number of aliphatic hydroxyl groups is 1. The number of phenols is 1. The van der Waals surface area contributed by atoms with Crippen LogP contribution in [0, 0.1) is 0 Å². The van der Waals surface area contributed by atoms with Crippen LogP contribution in [0.25, 0.3) is 11.4 Å². The Kier molecular flexibility index (Phi) is 6.01. The number of hydrogen-bond donors (Lipinski definition) is 4. The highest BCUT2D eigenvalue weighted by Gasteiger charge is 2.32. The van der Waals surface area contributed by atoms with Crippen LogP contribution >= 0.6 is 0 Å². The molecule has 0 aliphatic carbocycles. The lowest BCUT2D eigenvalue weighted by Crippen LogP contribution is -2.14. The first-order valence-electron chi connectivity index (χ1n) is 8.91. The molecule has 0 spiro atoms. The van der Waals surface area contributed by atoms with Crippen molar-refractivity contribution < 1.29 is 23.4 Å². The Morgan fingerprint density at radius 1 is 1.03 bits per heavy atom. The molecule has 158 valence electrons. The Bertz CT molecular complexity index is 1040. The van der Waals surface area contributed by atoms with Gasteiger partial charge in [0.15, 0.2) is 5.82 Å². The van der Waals surface area contributed by atoms with Gasteiger partial charge in [-0.15, -0.1) is 0 Å². The van der Waals surface area contributed by atoms with E-state index in [0.717, 1.165) is 12.3 Å². The number of hydrogen-bond acceptors (Lipinski definition) is 8. The van der Waals surface area contributed by atoms with Gasteiger partial charge in [-0.05, 0) is 49.7 Å². The molecule has 0 aliphatic rings. The SMILES string of the molecule is CC(C)Nc1nc(Nc2ccnc(C(F)(F)F)c2)nc(-c2cc(O)cc(CO)c2)n1. The number of nitrogens with zero attached hydrogens (tertiary/aromatic N) is 4. The molecular weight excluding hydrogens is 401 g/mol. The Labute approximate surface area is 169 Å². The Morgan fingerprint density at radius 2 is 1.77 bits per heavy atom. The van der Waals surface area contributed by atoms with Gasteiger partial charge < -0.3 is 20.8 Å². The fourth-order valence-corrected chi connectivity index (χ4v) is 2.57. The number of pyridine rings is 1. The molecule has 2 heterocycles. The Balaban J connectivity index is 2.03. The molecule has 0 unspecified atom stereocenters. The first kappa shape index (κ1) is 21.2. The van der Waals surface area contributed by atoms with E-state index in [1.807, 2.05) is 13.8 Å². The summed E-state index contributed by atoms with van der Waals surface area (Å²) < 4.78 is 38.8. The van der Waals surface area contributed by atoms with Gasteiger partial charge in [-0.3, -0.25) is 4.98 Å². The number of phenolic OH excluding ortho intramolecular Hbond substituents is 1. The van der Waals surface area contributed by atoms with Crippen LogP contribution in [0.15, 0.2) is 36.5 Å². The third-order valence-corrected chi connectivity index (χ3v) is 3.78. The van der Waals surface area contributed by atoms with Crippen molar-refractivity contribution >= 4 is 17.6 Å². The van der Waals surface area contributed by atoms with Crippen molar-refractivity contribution in [3.05, 3.63) is 47.8 Å². The van der Waals surface area contributed by atoms with Gasteiger partial charge in [0.1, 0.15) is 11.4 Å². The molecule has 0 saturated carbocycles. The predicted molar refractivity (Wildman–Crippen MR) is 104 cm³/mol. The van der Waals surface area contributed by atoms with Crippen LogP contribution in [-0.4, -0.2) is 36.2 Å². The number of nitrogens with one attached hydrogen (secondary N) is 2. The number of halogens is 3. The van der Waals surface area contributed by atoms with E-state index in [-0.39, 0.29) is 41.8 Å². The molecule has 3 aromatic rings. The number of rotatable bonds is 6. The van der Waals surface area contributed by atoms with Crippen LogP contribution in [0.1, 0.15) is 25.1 Å². The lowest BCUT2D eigenvalue weighted by molar-refractivity contribution is -0.141. The second-order valence-corrected chi connectivity index (χ2v) is 6.70. The quantitative estimate of drug-likeness (QED) is 0.477. The van der Waals surface area contributed by atoms with Gasteiger partial charge in [0.05, 0.1) is 6.61 Å². The largest absolute Gasteiger partial charge is 0.508 e. The topological polar surface area (TPSA) is 116 Å². The summed E-state index contributed by atoms with van der Waals surface area (Å²) in [6.45, 7) is 3.44. The predicted octanol–water partition coefficient (Wildman–Crippen LogP) is 3.71. The molecule has 8 nitrogen and oxygen atoms in total. The Morgan fingerprint density at radius 3 is 2.43 bits per heavy atom. The second-order valence-electron chi connectivity index (χ2n) is 6.70. The van der Waals surface area contributed by atoms with E-state index in [4.69, 9.17) is 0 Å². The van der Waals surface area contributed by atoms with E-state index in [0.29, 0.717) is 11.1 Å². The van der Waals surface area contributed by atoms with Crippen molar-refractivity contribution in [1.82, 2.24) is 19.9 Å². The fraction of sp³-hybridized carbons (Fsp3) is 0.263. The Hall–Kier alpha value is -3.47. The number of alkyl halides is 3. The van der Waals surface area contributed by atoms with Crippen LogP contribution in [0.5, 0.6) is 5.75 Å². The van der Waals surface area contributed by atoms with Crippen molar-refractivity contribution in [2.75, 3.05) is 10.6 Å².